The number of para-hydroxylation sites is 1. The number of rotatable bonds is 4. The lowest BCUT2D eigenvalue weighted by atomic mass is 10.0. The Labute approximate surface area is 156 Å². The Hall–Kier alpha value is -2.95. The number of aliphatic hydroxyl groups excluding tert-OH is 1. The molecule has 0 aliphatic heterocycles. The van der Waals surface area contributed by atoms with Gasteiger partial charge in [-0.25, -0.2) is 4.68 Å². The summed E-state index contributed by atoms with van der Waals surface area (Å²) in [5.41, 5.74) is 3.73. The lowest BCUT2D eigenvalue weighted by Crippen LogP contribution is -2.09. The van der Waals surface area contributed by atoms with Gasteiger partial charge in [0.15, 0.2) is 0 Å². The first-order valence-electron chi connectivity index (χ1n) is 8.24. The van der Waals surface area contributed by atoms with Gasteiger partial charge in [-0.15, -0.1) is 5.10 Å². The van der Waals surface area contributed by atoms with Crippen LogP contribution in [0.15, 0.2) is 84.9 Å². The van der Waals surface area contributed by atoms with Crippen LogP contribution in [0.5, 0.6) is 0 Å². The first kappa shape index (κ1) is 16.5. The van der Waals surface area contributed by atoms with Crippen molar-refractivity contribution in [2.75, 3.05) is 0 Å². The van der Waals surface area contributed by atoms with Gasteiger partial charge in [-0.3, -0.25) is 0 Å². The third-order valence-electron chi connectivity index (χ3n) is 4.20. The van der Waals surface area contributed by atoms with Crippen molar-refractivity contribution < 1.29 is 5.11 Å². The Bertz CT molecular complexity index is 942. The molecule has 1 unspecified atom stereocenters. The molecule has 128 valence electrons. The van der Waals surface area contributed by atoms with Crippen molar-refractivity contribution in [3.05, 3.63) is 101 Å². The molecule has 0 saturated carbocycles. The molecule has 4 nitrogen and oxygen atoms in total. The predicted molar refractivity (Wildman–Crippen MR) is 102 cm³/mol. The quantitative estimate of drug-likeness (QED) is 0.574. The van der Waals surface area contributed by atoms with Crippen LogP contribution in [0.2, 0.25) is 5.02 Å². The second kappa shape index (κ2) is 7.12. The van der Waals surface area contributed by atoms with Crippen molar-refractivity contribution in [3.8, 4) is 16.9 Å². The minimum atomic E-state index is -0.891. The fourth-order valence-electron chi connectivity index (χ4n) is 2.90. The van der Waals surface area contributed by atoms with Gasteiger partial charge >= 0.3 is 0 Å². The van der Waals surface area contributed by atoms with E-state index in [4.69, 9.17) is 11.6 Å². The van der Waals surface area contributed by atoms with Crippen LogP contribution < -0.4 is 0 Å². The summed E-state index contributed by atoms with van der Waals surface area (Å²) in [5.74, 6) is 0. The first-order chi connectivity index (χ1) is 12.7. The van der Waals surface area contributed by atoms with E-state index >= 15 is 0 Å². The van der Waals surface area contributed by atoms with Crippen LogP contribution in [0.1, 0.15) is 17.4 Å². The molecular formula is C21H16ClN3O. The summed E-state index contributed by atoms with van der Waals surface area (Å²) in [6.45, 7) is 0. The molecule has 0 radical (unpaired) electrons. The van der Waals surface area contributed by atoms with Crippen molar-refractivity contribution in [1.82, 2.24) is 15.0 Å². The van der Waals surface area contributed by atoms with E-state index in [1.807, 2.05) is 72.8 Å². The average Bonchev–Trinajstić information content (AvgIpc) is 3.14. The van der Waals surface area contributed by atoms with Gasteiger partial charge in [0.25, 0.3) is 0 Å². The van der Waals surface area contributed by atoms with Crippen LogP contribution in [0.25, 0.3) is 16.9 Å². The molecule has 0 bridgehead atoms. The van der Waals surface area contributed by atoms with Crippen molar-refractivity contribution in [2.24, 2.45) is 0 Å². The van der Waals surface area contributed by atoms with Gasteiger partial charge in [0, 0.05) is 10.6 Å². The summed E-state index contributed by atoms with van der Waals surface area (Å²) in [6, 6.07) is 26.5. The first-order valence-corrected chi connectivity index (χ1v) is 8.62. The van der Waals surface area contributed by atoms with Crippen LogP contribution in [0.4, 0.5) is 0 Å². The number of aromatic nitrogens is 3. The summed E-state index contributed by atoms with van der Waals surface area (Å²) >= 11 is 5.98. The monoisotopic (exact) mass is 361 g/mol. The third kappa shape index (κ3) is 3.12. The highest BCUT2D eigenvalue weighted by Crippen LogP contribution is 2.32. The summed E-state index contributed by atoms with van der Waals surface area (Å²) in [4.78, 5) is 0. The van der Waals surface area contributed by atoms with E-state index in [2.05, 4.69) is 10.3 Å². The summed E-state index contributed by atoms with van der Waals surface area (Å²) < 4.78 is 1.68. The predicted octanol–water partition coefficient (Wildman–Crippen LogP) is 4.67. The lowest BCUT2D eigenvalue weighted by Gasteiger charge is -2.15. The van der Waals surface area contributed by atoms with Crippen molar-refractivity contribution in [1.29, 1.82) is 0 Å². The van der Waals surface area contributed by atoms with Crippen molar-refractivity contribution >= 4 is 11.6 Å². The number of hydrogen-bond donors (Lipinski definition) is 1. The van der Waals surface area contributed by atoms with E-state index < -0.39 is 6.10 Å². The van der Waals surface area contributed by atoms with Crippen LogP contribution in [0, 0.1) is 0 Å². The van der Waals surface area contributed by atoms with E-state index in [1.54, 1.807) is 16.8 Å². The molecule has 5 heteroatoms. The van der Waals surface area contributed by atoms with Gasteiger partial charge < -0.3 is 5.11 Å². The molecule has 4 aromatic rings. The Morgan fingerprint density at radius 2 is 1.42 bits per heavy atom. The highest BCUT2D eigenvalue weighted by atomic mass is 35.5. The standard InChI is InChI=1S/C21H16ClN3O/c22-17-13-11-16(12-14-17)21(26)20-19(15-7-3-1-4-8-15)23-24-25(20)18-9-5-2-6-10-18/h1-14,21,26H. The maximum atomic E-state index is 11.1. The summed E-state index contributed by atoms with van der Waals surface area (Å²) in [5, 5.41) is 20.4. The van der Waals surface area contributed by atoms with E-state index in [0.717, 1.165) is 16.8 Å². The molecule has 1 heterocycles. The van der Waals surface area contributed by atoms with Crippen molar-refractivity contribution in [2.45, 2.75) is 6.10 Å². The molecule has 1 atom stereocenters. The number of halogens is 1. The topological polar surface area (TPSA) is 50.9 Å². The maximum Gasteiger partial charge on any atom is 0.123 e. The smallest absolute Gasteiger partial charge is 0.123 e. The Morgan fingerprint density at radius 1 is 0.808 bits per heavy atom. The average molecular weight is 362 g/mol. The van der Waals surface area contributed by atoms with Gasteiger partial charge in [0.05, 0.1) is 5.69 Å². The zero-order valence-electron chi connectivity index (χ0n) is 13.8. The molecule has 1 aromatic heterocycles. The van der Waals surface area contributed by atoms with Gasteiger partial charge in [0.1, 0.15) is 17.5 Å². The van der Waals surface area contributed by atoms with Crippen molar-refractivity contribution in [3.63, 3.8) is 0 Å². The van der Waals surface area contributed by atoms with Gasteiger partial charge in [-0.2, -0.15) is 0 Å². The zero-order valence-corrected chi connectivity index (χ0v) is 14.6. The van der Waals surface area contributed by atoms with Crippen LogP contribution >= 0.6 is 11.6 Å². The fraction of sp³-hybridized carbons (Fsp3) is 0.0476. The molecule has 26 heavy (non-hydrogen) atoms. The van der Waals surface area contributed by atoms with Crippen LogP contribution in [-0.2, 0) is 0 Å². The van der Waals surface area contributed by atoms with Gasteiger partial charge in [-0.05, 0) is 29.8 Å². The van der Waals surface area contributed by atoms with E-state index in [1.165, 1.54) is 0 Å². The van der Waals surface area contributed by atoms with Gasteiger partial charge in [0.2, 0.25) is 0 Å². The molecular weight excluding hydrogens is 346 g/mol. The number of nitrogens with zero attached hydrogens (tertiary/aromatic N) is 3. The Balaban J connectivity index is 1.89. The van der Waals surface area contributed by atoms with Crippen LogP contribution in [-0.4, -0.2) is 20.1 Å². The normalized spacial score (nSPS) is 12.1. The minimum absolute atomic E-state index is 0.615. The third-order valence-corrected chi connectivity index (χ3v) is 4.45. The van der Waals surface area contributed by atoms with E-state index in [0.29, 0.717) is 16.4 Å². The maximum absolute atomic E-state index is 11.1. The van der Waals surface area contributed by atoms with E-state index in [-0.39, 0.29) is 0 Å². The highest BCUT2D eigenvalue weighted by Gasteiger charge is 2.24. The minimum Gasteiger partial charge on any atom is -0.382 e. The fourth-order valence-corrected chi connectivity index (χ4v) is 3.02. The number of aliphatic hydroxyl groups is 1. The van der Waals surface area contributed by atoms with Crippen LogP contribution in [0.3, 0.4) is 0 Å². The van der Waals surface area contributed by atoms with E-state index in [9.17, 15) is 5.11 Å². The lowest BCUT2D eigenvalue weighted by molar-refractivity contribution is 0.212. The molecule has 0 spiro atoms. The molecule has 1 N–H and O–H groups in total. The molecule has 3 aromatic carbocycles. The molecule has 0 fully saturated rings. The zero-order chi connectivity index (χ0) is 17.9. The molecule has 0 aliphatic rings. The Morgan fingerprint density at radius 3 is 2.08 bits per heavy atom. The molecule has 0 saturated heterocycles. The molecule has 0 amide bonds. The summed E-state index contributed by atoms with van der Waals surface area (Å²) in [6.07, 6.45) is -0.891. The summed E-state index contributed by atoms with van der Waals surface area (Å²) in [7, 11) is 0. The second-order valence-electron chi connectivity index (χ2n) is 5.89. The largest absolute Gasteiger partial charge is 0.382 e. The molecule has 0 aliphatic carbocycles. The SMILES string of the molecule is OC(c1ccc(Cl)cc1)c1c(-c2ccccc2)nnn1-c1ccccc1. The molecule has 4 rings (SSSR count). The second-order valence-corrected chi connectivity index (χ2v) is 6.33. The number of hydrogen-bond acceptors (Lipinski definition) is 3. The Kier molecular flexibility index (Phi) is 4.52. The highest BCUT2D eigenvalue weighted by molar-refractivity contribution is 6.30. The number of benzene rings is 3. The van der Waals surface area contributed by atoms with Gasteiger partial charge in [-0.1, -0.05) is 77.5 Å².